The number of rotatable bonds is 16. The van der Waals surface area contributed by atoms with Gasteiger partial charge in [-0.25, -0.2) is 0 Å². The molecule has 0 heterocycles. The molecule has 0 bridgehead atoms. The predicted molar refractivity (Wildman–Crippen MR) is 145 cm³/mol. The Labute approximate surface area is 206 Å². The van der Waals surface area contributed by atoms with Crippen molar-refractivity contribution in [1.82, 2.24) is 0 Å². The van der Waals surface area contributed by atoms with E-state index in [0.29, 0.717) is 0 Å². The zero-order valence-corrected chi connectivity index (χ0v) is 27.8. The first-order valence-electron chi connectivity index (χ1n) is 14.9. The molecule has 0 amide bonds. The van der Waals surface area contributed by atoms with Gasteiger partial charge in [0.15, 0.2) is 0 Å². The van der Waals surface area contributed by atoms with Crippen LogP contribution in [0.3, 0.4) is 0 Å². The van der Waals surface area contributed by atoms with Gasteiger partial charge in [-0.3, -0.25) is 0 Å². The van der Waals surface area contributed by atoms with E-state index in [1.807, 2.05) is 0 Å². The molecule has 31 heavy (non-hydrogen) atoms. The third-order valence-corrected chi connectivity index (χ3v) is 52.3. The molecule has 3 heteroatoms. The van der Waals surface area contributed by atoms with Crippen LogP contribution < -0.4 is 0 Å². The molecule has 2 aliphatic carbocycles. The van der Waals surface area contributed by atoms with E-state index < -0.39 is 37.6 Å². The average Bonchev–Trinajstić information content (AvgIpc) is 2.83. The first-order valence-corrected chi connectivity index (χ1v) is 28.6. The average molecular weight is 648 g/mol. The van der Waals surface area contributed by atoms with Crippen LogP contribution in [0.2, 0.25) is 25.6 Å². The summed E-state index contributed by atoms with van der Waals surface area (Å²) < 4.78 is 16.8. The van der Waals surface area contributed by atoms with Gasteiger partial charge in [0, 0.05) is 0 Å². The molecule has 0 aromatic rings. The second-order valence-corrected chi connectivity index (χ2v) is 38.3. The minimum absolute atomic E-state index is 1.07. The summed E-state index contributed by atoms with van der Waals surface area (Å²) >= 11 is -5.29. The van der Waals surface area contributed by atoms with Gasteiger partial charge < -0.3 is 0 Å². The maximum absolute atomic E-state index is 8.33. The van der Waals surface area contributed by atoms with E-state index in [2.05, 4.69) is 27.7 Å². The zero-order chi connectivity index (χ0) is 22.4. The van der Waals surface area contributed by atoms with Crippen LogP contribution in [0.25, 0.3) is 0 Å². The van der Waals surface area contributed by atoms with E-state index in [0.717, 1.165) is 7.87 Å². The van der Waals surface area contributed by atoms with Crippen LogP contribution >= 0.6 is 0 Å². The fraction of sp³-hybridized carbons (Fsp3) is 1.00. The van der Waals surface area contributed by atoms with Crippen LogP contribution in [0.1, 0.15) is 143 Å². The van der Waals surface area contributed by atoms with Gasteiger partial charge in [0.2, 0.25) is 0 Å². The normalized spacial score (nSPS) is 19.7. The first-order chi connectivity index (χ1) is 15.2. The summed E-state index contributed by atoms with van der Waals surface area (Å²) in [5.41, 5.74) is 0. The number of unbranched alkanes of at least 4 members (excludes halogenated alkanes) is 4. The molecule has 184 valence electrons. The van der Waals surface area contributed by atoms with Gasteiger partial charge >= 0.3 is 208 Å². The third-order valence-electron chi connectivity index (χ3n) is 8.92. The van der Waals surface area contributed by atoms with Crippen molar-refractivity contribution in [2.75, 3.05) is 0 Å². The second kappa shape index (κ2) is 16.3. The monoisotopic (exact) mass is 650 g/mol. The molecule has 0 aliphatic heterocycles. The molecule has 2 saturated carbocycles. The SMILES string of the molecule is CCC[CH2][Sn]([CH2]CCC)([O][Sn]([CH2]CCC)([CH2]CCC)[CH]1CCCCC1)[CH]1CCCCC1. The first kappa shape index (κ1) is 28.8. The summed E-state index contributed by atoms with van der Waals surface area (Å²) in [4.78, 5) is 0. The van der Waals surface area contributed by atoms with Crippen LogP contribution in [0.4, 0.5) is 0 Å². The van der Waals surface area contributed by atoms with E-state index in [1.165, 1.54) is 89.9 Å². The van der Waals surface area contributed by atoms with Gasteiger partial charge in [-0.1, -0.05) is 0 Å². The Hall–Kier alpha value is 1.56. The molecule has 0 N–H and O–H groups in total. The fourth-order valence-electron chi connectivity index (χ4n) is 7.00. The molecule has 1 nitrogen and oxygen atoms in total. The number of hydrogen-bond donors (Lipinski definition) is 0. The Morgan fingerprint density at radius 1 is 0.484 bits per heavy atom. The summed E-state index contributed by atoms with van der Waals surface area (Å²) in [5.74, 6) is 0. The van der Waals surface area contributed by atoms with Crippen LogP contribution in [0.5, 0.6) is 0 Å². The molecule has 0 spiro atoms. The molecule has 2 rings (SSSR count). The Kier molecular flexibility index (Phi) is 15.1. The van der Waals surface area contributed by atoms with Crippen molar-refractivity contribution in [3.05, 3.63) is 0 Å². The Balaban J connectivity index is 2.42. The molecule has 0 saturated heterocycles. The Morgan fingerprint density at radius 3 is 1.03 bits per heavy atom. The van der Waals surface area contributed by atoms with E-state index in [9.17, 15) is 0 Å². The van der Waals surface area contributed by atoms with Crippen molar-refractivity contribution < 1.29 is 1.41 Å². The van der Waals surface area contributed by atoms with E-state index in [1.54, 1.807) is 43.4 Å². The topological polar surface area (TPSA) is 9.23 Å². The van der Waals surface area contributed by atoms with Gasteiger partial charge in [0.05, 0.1) is 0 Å². The summed E-state index contributed by atoms with van der Waals surface area (Å²) in [6.07, 6.45) is 26.7. The van der Waals surface area contributed by atoms with E-state index in [4.69, 9.17) is 1.41 Å². The van der Waals surface area contributed by atoms with E-state index >= 15 is 0 Å². The van der Waals surface area contributed by atoms with Gasteiger partial charge in [-0.2, -0.15) is 0 Å². The molecule has 2 fully saturated rings. The standard InChI is InChI=1S/2C6H11.4C4H9.O.2Sn/c2*1-2-4-6-5-3-1;4*1-3-4-2;;;/h2*1H,2-6H2;4*1,3-4H2,2H3;;;. The maximum atomic E-state index is 8.33. The predicted octanol–water partition coefficient (Wildman–Crippen LogP) is 10.8. The summed E-state index contributed by atoms with van der Waals surface area (Å²) in [6.45, 7) is 9.73. The molecule has 2 aliphatic rings. The Bertz CT molecular complexity index is 384. The summed E-state index contributed by atoms with van der Waals surface area (Å²) in [7, 11) is 0. The molecule has 0 radical (unpaired) electrons. The van der Waals surface area contributed by atoms with Crippen LogP contribution in [0.15, 0.2) is 0 Å². The van der Waals surface area contributed by atoms with Gasteiger partial charge in [0.1, 0.15) is 0 Å². The second-order valence-electron chi connectivity index (χ2n) is 11.3. The minimum atomic E-state index is -2.64. The van der Waals surface area contributed by atoms with Crippen LogP contribution in [-0.4, -0.2) is 37.6 Å². The summed E-state index contributed by atoms with van der Waals surface area (Å²) in [5, 5.41) is 0. The molecule has 0 atom stereocenters. The quantitative estimate of drug-likeness (QED) is 0.151. The van der Waals surface area contributed by atoms with Crippen molar-refractivity contribution in [2.24, 2.45) is 0 Å². The fourth-order valence-corrected chi connectivity index (χ4v) is 66.4. The van der Waals surface area contributed by atoms with Crippen LogP contribution in [-0.2, 0) is 1.41 Å². The third kappa shape index (κ3) is 8.93. The van der Waals surface area contributed by atoms with Gasteiger partial charge in [-0.15, -0.1) is 0 Å². The Morgan fingerprint density at radius 2 is 0.774 bits per heavy atom. The van der Waals surface area contributed by atoms with E-state index in [-0.39, 0.29) is 0 Å². The van der Waals surface area contributed by atoms with Crippen molar-refractivity contribution in [3.63, 3.8) is 0 Å². The van der Waals surface area contributed by atoms with Gasteiger partial charge in [-0.05, 0) is 0 Å². The van der Waals surface area contributed by atoms with Crippen molar-refractivity contribution in [1.29, 1.82) is 0 Å². The number of hydrogen-bond acceptors (Lipinski definition) is 1. The van der Waals surface area contributed by atoms with Crippen molar-refractivity contribution >= 4 is 37.6 Å². The van der Waals surface area contributed by atoms with Crippen LogP contribution in [0, 0.1) is 0 Å². The summed E-state index contributed by atoms with van der Waals surface area (Å²) in [6, 6.07) is 0. The van der Waals surface area contributed by atoms with Crippen molar-refractivity contribution in [2.45, 2.75) is 169 Å². The zero-order valence-electron chi connectivity index (χ0n) is 22.1. The molecular weight excluding hydrogens is 590 g/mol. The molecule has 0 unspecified atom stereocenters. The molecule has 0 aromatic carbocycles. The van der Waals surface area contributed by atoms with Crippen molar-refractivity contribution in [3.8, 4) is 0 Å². The molecular formula is C28H58OSn2. The van der Waals surface area contributed by atoms with Gasteiger partial charge in [0.25, 0.3) is 0 Å². The molecule has 0 aromatic heterocycles.